The van der Waals surface area contributed by atoms with E-state index < -0.39 is 5.82 Å². The van der Waals surface area contributed by atoms with Gasteiger partial charge in [-0.15, -0.1) is 0 Å². The number of carbonyl (C=O) groups is 1. The molecule has 0 amide bonds. The van der Waals surface area contributed by atoms with E-state index in [1.165, 1.54) is 7.11 Å². The van der Waals surface area contributed by atoms with Crippen molar-refractivity contribution in [1.29, 1.82) is 0 Å². The first-order valence-electron chi connectivity index (χ1n) is 10.5. The maximum atomic E-state index is 12.7. The Morgan fingerprint density at radius 3 is 1.07 bits per heavy atom. The van der Waals surface area contributed by atoms with Gasteiger partial charge in [-0.1, -0.05) is 11.8 Å². The fourth-order valence-electron chi connectivity index (χ4n) is 1.62. The van der Waals surface area contributed by atoms with Gasteiger partial charge in [0.2, 0.25) is 0 Å². The van der Waals surface area contributed by atoms with Crippen LogP contribution in [0.5, 0.6) is 11.5 Å². The average Bonchev–Trinajstić information content (AvgIpc) is 2.96. The Bertz CT molecular complexity index is 1850. The molecule has 3 nitrogen and oxygen atoms in total. The van der Waals surface area contributed by atoms with Gasteiger partial charge < -0.3 is 9.84 Å². The highest BCUT2D eigenvalue weighted by atomic mass is 19.1. The third-order valence-electron chi connectivity index (χ3n) is 3.11. The summed E-state index contributed by atoms with van der Waals surface area (Å²) in [5.74, 6) is 64.6. The summed E-state index contributed by atoms with van der Waals surface area (Å²) in [6.45, 7) is 3.39. The Morgan fingerprint density at radius 2 is 0.850 bits per heavy atom. The normalized spacial score (nSPS) is 5.60. The SMILES string of the molecule is CC#CC#CC#CC#CC#CC#CC#CC#CC#CC#CC#CC#CC#CC.COc1cc(C=O)c(F)cc1O. The molecule has 1 rings (SSSR count). The molecule has 0 aliphatic heterocycles. The number of ether oxygens (including phenoxy) is 1. The molecule has 0 radical (unpaired) electrons. The van der Waals surface area contributed by atoms with Crippen LogP contribution in [0.1, 0.15) is 24.2 Å². The first-order valence-corrected chi connectivity index (χ1v) is 10.5. The predicted molar refractivity (Wildman–Crippen MR) is 152 cm³/mol. The van der Waals surface area contributed by atoms with Gasteiger partial charge in [-0.3, -0.25) is 4.79 Å². The molecule has 0 atom stereocenters. The molecular formula is C36H13FO3. The molecule has 0 saturated carbocycles. The van der Waals surface area contributed by atoms with Gasteiger partial charge in [0.15, 0.2) is 17.8 Å². The molecule has 40 heavy (non-hydrogen) atoms. The van der Waals surface area contributed by atoms with Crippen molar-refractivity contribution in [2.45, 2.75) is 13.8 Å². The van der Waals surface area contributed by atoms with Crippen molar-refractivity contribution in [1.82, 2.24) is 0 Å². The average molecular weight is 512 g/mol. The van der Waals surface area contributed by atoms with Crippen LogP contribution in [0.25, 0.3) is 0 Å². The third-order valence-corrected chi connectivity index (χ3v) is 3.11. The molecule has 1 aromatic rings. The molecule has 1 N–H and O–H groups in total. The Labute approximate surface area is 235 Å². The number of hydrogen-bond donors (Lipinski definition) is 1. The van der Waals surface area contributed by atoms with E-state index >= 15 is 0 Å². The van der Waals surface area contributed by atoms with Crippen LogP contribution >= 0.6 is 0 Å². The summed E-state index contributed by atoms with van der Waals surface area (Å²) in [5.41, 5.74) is -0.135. The number of rotatable bonds is 2. The Morgan fingerprint density at radius 1 is 0.575 bits per heavy atom. The third kappa shape index (κ3) is 19.1. The van der Waals surface area contributed by atoms with Crippen LogP contribution in [-0.4, -0.2) is 18.5 Å². The monoisotopic (exact) mass is 512 g/mol. The Hall–Kier alpha value is -7.30. The van der Waals surface area contributed by atoms with Crippen LogP contribution in [0.15, 0.2) is 12.1 Å². The highest BCUT2D eigenvalue weighted by Crippen LogP contribution is 2.27. The summed E-state index contributed by atoms with van der Waals surface area (Å²) >= 11 is 0. The summed E-state index contributed by atoms with van der Waals surface area (Å²) in [4.78, 5) is 10.2. The van der Waals surface area contributed by atoms with Crippen LogP contribution in [0.2, 0.25) is 0 Å². The van der Waals surface area contributed by atoms with Crippen LogP contribution in [-0.2, 0) is 0 Å². The van der Waals surface area contributed by atoms with Gasteiger partial charge in [-0.25, -0.2) is 4.39 Å². The zero-order chi connectivity index (χ0) is 29.5. The van der Waals surface area contributed by atoms with Gasteiger partial charge in [-0.2, -0.15) is 0 Å². The van der Waals surface area contributed by atoms with Crippen LogP contribution < -0.4 is 4.74 Å². The fraction of sp³-hybridized carbons (Fsp3) is 0.0833. The zero-order valence-corrected chi connectivity index (χ0v) is 21.4. The molecule has 0 spiro atoms. The Kier molecular flexibility index (Phi) is 20.3. The minimum absolute atomic E-state index is 0.0819. The molecule has 0 unspecified atom stereocenters. The van der Waals surface area contributed by atoms with Crippen molar-refractivity contribution in [2.75, 3.05) is 7.11 Å². The standard InChI is InChI=1S/C28H6.C8H7FO3/c1-3-5-7-9-11-13-15-17-19-21-23-25-27-28-26-24-22-20-18-16-14-12-10-8-6-4-2;1-12-8-2-5(4-10)6(9)3-7(8)11/h1-2H3;2-4,11H,1H3. The topological polar surface area (TPSA) is 46.5 Å². The van der Waals surface area contributed by atoms with Crippen LogP contribution in [0.4, 0.5) is 4.39 Å². The first kappa shape index (κ1) is 32.7. The van der Waals surface area contributed by atoms with E-state index in [0.29, 0.717) is 6.29 Å². The zero-order valence-electron chi connectivity index (χ0n) is 21.4. The van der Waals surface area contributed by atoms with Gasteiger partial charge in [0.05, 0.1) is 12.7 Å². The van der Waals surface area contributed by atoms with E-state index in [1.807, 2.05) is 0 Å². The number of halogens is 1. The number of phenolic OH excluding ortho intramolecular Hbond substituents is 1. The number of methoxy groups -OCH3 is 1. The summed E-state index contributed by atoms with van der Waals surface area (Å²) in [6, 6.07) is 1.97. The van der Waals surface area contributed by atoms with Crippen molar-refractivity contribution < 1.29 is 19.0 Å². The smallest absolute Gasteiger partial charge is 0.161 e. The second-order valence-electron chi connectivity index (χ2n) is 5.66. The number of benzene rings is 1. The molecule has 0 saturated heterocycles. The van der Waals surface area contributed by atoms with E-state index in [-0.39, 0.29) is 17.1 Å². The van der Waals surface area contributed by atoms with Crippen molar-refractivity contribution in [3.05, 3.63) is 23.5 Å². The van der Waals surface area contributed by atoms with Gasteiger partial charge in [0.1, 0.15) is 5.82 Å². The minimum atomic E-state index is -0.761. The molecule has 182 valence electrons. The van der Waals surface area contributed by atoms with Crippen molar-refractivity contribution in [3.63, 3.8) is 0 Å². The summed E-state index contributed by atoms with van der Waals surface area (Å²) in [7, 11) is 1.32. The lowest BCUT2D eigenvalue weighted by atomic mass is 10.2. The number of aldehydes is 1. The molecule has 4 heteroatoms. The quantitative estimate of drug-likeness (QED) is 0.489. The van der Waals surface area contributed by atoms with Crippen LogP contribution in [0, 0.1) is 160 Å². The number of hydrogen-bond acceptors (Lipinski definition) is 3. The fourth-order valence-corrected chi connectivity index (χ4v) is 1.62. The largest absolute Gasteiger partial charge is 0.504 e. The molecule has 0 fully saturated rings. The maximum Gasteiger partial charge on any atom is 0.161 e. The van der Waals surface area contributed by atoms with E-state index in [1.54, 1.807) is 13.8 Å². The predicted octanol–water partition coefficient (Wildman–Crippen LogP) is 2.42. The number of aromatic hydroxyl groups is 1. The highest BCUT2D eigenvalue weighted by molar-refractivity contribution is 5.76. The van der Waals surface area contributed by atoms with E-state index in [4.69, 9.17) is 5.11 Å². The molecule has 0 bridgehead atoms. The number of phenols is 1. The molecule has 0 aliphatic carbocycles. The summed E-state index contributed by atoms with van der Waals surface area (Å²) in [6.07, 6.45) is 0.358. The highest BCUT2D eigenvalue weighted by Gasteiger charge is 2.08. The molecule has 1 aromatic carbocycles. The molecule has 0 aromatic heterocycles. The lowest BCUT2D eigenvalue weighted by molar-refractivity contribution is 0.111. The second-order valence-corrected chi connectivity index (χ2v) is 5.66. The van der Waals surface area contributed by atoms with Crippen LogP contribution in [0.3, 0.4) is 0 Å². The molecular weight excluding hydrogens is 499 g/mol. The van der Waals surface area contributed by atoms with Gasteiger partial charge in [-0.05, 0) is 115 Å². The van der Waals surface area contributed by atoms with Gasteiger partial charge in [0, 0.05) is 53.4 Å². The van der Waals surface area contributed by atoms with E-state index in [9.17, 15) is 9.18 Å². The lowest BCUT2D eigenvalue weighted by Gasteiger charge is -2.03. The second kappa shape index (κ2) is 24.8. The lowest BCUT2D eigenvalue weighted by Crippen LogP contribution is -1.90. The Balaban J connectivity index is 0.00000104. The maximum absolute atomic E-state index is 12.7. The van der Waals surface area contributed by atoms with E-state index in [2.05, 4.69) is 159 Å². The summed E-state index contributed by atoms with van der Waals surface area (Å²) in [5, 5.41) is 9.03. The van der Waals surface area contributed by atoms with Gasteiger partial charge in [0.25, 0.3) is 0 Å². The number of carbonyl (C=O) groups excluding carboxylic acids is 1. The summed E-state index contributed by atoms with van der Waals surface area (Å²) < 4.78 is 17.4. The van der Waals surface area contributed by atoms with Gasteiger partial charge >= 0.3 is 0 Å². The van der Waals surface area contributed by atoms with Crippen molar-refractivity contribution in [2.24, 2.45) is 0 Å². The molecule has 0 aliphatic rings. The first-order chi connectivity index (χ1) is 19.6. The molecule has 0 heterocycles. The van der Waals surface area contributed by atoms with Crippen molar-refractivity contribution in [3.8, 4) is 165 Å². The minimum Gasteiger partial charge on any atom is -0.504 e. The van der Waals surface area contributed by atoms with E-state index in [0.717, 1.165) is 12.1 Å². The van der Waals surface area contributed by atoms with Crippen molar-refractivity contribution >= 4 is 6.29 Å².